The highest BCUT2D eigenvalue weighted by atomic mass is 32.2. The molecule has 1 fully saturated rings. The lowest BCUT2D eigenvalue weighted by molar-refractivity contribution is -0.143. The molecule has 0 saturated carbocycles. The van der Waals surface area contributed by atoms with Crippen molar-refractivity contribution in [2.45, 2.75) is 37.9 Å². The molecule has 0 aliphatic carbocycles. The molecule has 1 aliphatic heterocycles. The summed E-state index contributed by atoms with van der Waals surface area (Å²) < 4.78 is 26.8. The molecule has 6 nitrogen and oxygen atoms in total. The molecule has 0 aromatic heterocycles. The lowest BCUT2D eigenvalue weighted by atomic mass is 10.1. The van der Waals surface area contributed by atoms with E-state index >= 15 is 0 Å². The number of benzene rings is 1. The van der Waals surface area contributed by atoms with Gasteiger partial charge in [0.25, 0.3) is 10.1 Å². The van der Waals surface area contributed by atoms with Gasteiger partial charge in [0, 0.05) is 12.6 Å². The highest BCUT2D eigenvalue weighted by Crippen LogP contribution is 2.28. The topological polar surface area (TPSA) is 83.9 Å². The fraction of sp³-hybridized carbons (Fsp3) is 0.533. The molecule has 2 rings (SSSR count). The maximum Gasteiger partial charge on any atom is 0.320 e. The summed E-state index contributed by atoms with van der Waals surface area (Å²) >= 11 is 0. The van der Waals surface area contributed by atoms with Gasteiger partial charge in [0.05, 0.1) is 12.9 Å². The first-order valence-electron chi connectivity index (χ1n) is 7.23. The second kappa shape index (κ2) is 7.21. The predicted molar refractivity (Wildman–Crippen MR) is 81.8 cm³/mol. The summed E-state index contributed by atoms with van der Waals surface area (Å²) in [7, 11) is -3.46. The van der Waals surface area contributed by atoms with Gasteiger partial charge in [0.2, 0.25) is 0 Å². The third-order valence-corrected chi connectivity index (χ3v) is 4.48. The first-order chi connectivity index (χ1) is 10.4. The predicted octanol–water partition coefficient (Wildman–Crippen LogP) is 1.47. The number of hydrogen-bond acceptors (Lipinski definition) is 5. The first-order valence-corrected chi connectivity index (χ1v) is 9.05. The summed E-state index contributed by atoms with van der Waals surface area (Å²) in [6.45, 7) is 0.627. The van der Waals surface area contributed by atoms with Crippen molar-refractivity contribution in [3.63, 3.8) is 0 Å². The Labute approximate surface area is 130 Å². The summed E-state index contributed by atoms with van der Waals surface area (Å²) in [5.41, 5.74) is 1.05. The van der Waals surface area contributed by atoms with E-state index in [1.807, 2.05) is 35.2 Å². The zero-order valence-corrected chi connectivity index (χ0v) is 13.3. The summed E-state index contributed by atoms with van der Waals surface area (Å²) in [5.74, 6) is -0.831. The van der Waals surface area contributed by atoms with Gasteiger partial charge in [-0.05, 0) is 24.8 Å². The van der Waals surface area contributed by atoms with E-state index < -0.39 is 22.1 Å². The third kappa shape index (κ3) is 4.79. The van der Waals surface area contributed by atoms with Crippen LogP contribution in [0.1, 0.15) is 24.8 Å². The molecule has 1 saturated heterocycles. The molecule has 2 atom stereocenters. The van der Waals surface area contributed by atoms with Gasteiger partial charge in [0.15, 0.2) is 0 Å². The van der Waals surface area contributed by atoms with Crippen LogP contribution in [-0.4, -0.2) is 49.3 Å². The quantitative estimate of drug-likeness (QED) is 0.764. The molecule has 122 valence electrons. The number of carbonyl (C=O) groups is 1. The van der Waals surface area contributed by atoms with Gasteiger partial charge in [-0.15, -0.1) is 0 Å². The molecular formula is C15H21NO5S. The SMILES string of the molecule is CS(=O)(=O)OCC[C@H]1CC[C@@H](C(=O)O)N1Cc1ccccc1. The van der Waals surface area contributed by atoms with Crippen molar-refractivity contribution in [3.05, 3.63) is 35.9 Å². The average Bonchev–Trinajstić information content (AvgIpc) is 2.82. The smallest absolute Gasteiger partial charge is 0.320 e. The van der Waals surface area contributed by atoms with Crippen LogP contribution in [0.4, 0.5) is 0 Å². The minimum atomic E-state index is -3.46. The van der Waals surface area contributed by atoms with Crippen molar-refractivity contribution in [2.24, 2.45) is 0 Å². The second-order valence-corrected chi connectivity index (χ2v) is 7.20. The van der Waals surface area contributed by atoms with Crippen LogP contribution in [0.15, 0.2) is 30.3 Å². The molecule has 0 amide bonds. The maximum atomic E-state index is 11.4. The highest BCUT2D eigenvalue weighted by Gasteiger charge is 2.37. The Hall–Kier alpha value is -1.44. The lowest BCUT2D eigenvalue weighted by Gasteiger charge is -2.28. The van der Waals surface area contributed by atoms with Crippen molar-refractivity contribution < 1.29 is 22.5 Å². The average molecular weight is 327 g/mol. The van der Waals surface area contributed by atoms with Crippen LogP contribution >= 0.6 is 0 Å². The minimum absolute atomic E-state index is 0.0167. The molecule has 1 aliphatic rings. The van der Waals surface area contributed by atoms with E-state index in [0.29, 0.717) is 19.4 Å². The van der Waals surface area contributed by atoms with Crippen LogP contribution in [0.3, 0.4) is 0 Å². The first kappa shape index (κ1) is 16.9. The number of aliphatic carboxylic acids is 1. The molecule has 22 heavy (non-hydrogen) atoms. The number of likely N-dealkylation sites (tertiary alicyclic amines) is 1. The Morgan fingerprint density at radius 3 is 2.59 bits per heavy atom. The Morgan fingerprint density at radius 2 is 2.00 bits per heavy atom. The van der Waals surface area contributed by atoms with E-state index in [1.54, 1.807) is 0 Å². The molecule has 1 N–H and O–H groups in total. The molecule has 7 heteroatoms. The van der Waals surface area contributed by atoms with E-state index in [9.17, 15) is 18.3 Å². The maximum absolute atomic E-state index is 11.4. The van der Waals surface area contributed by atoms with Crippen molar-refractivity contribution in [1.82, 2.24) is 4.90 Å². The zero-order chi connectivity index (χ0) is 16.2. The molecule has 0 spiro atoms. The molecule has 1 aromatic carbocycles. The summed E-state index contributed by atoms with van der Waals surface area (Å²) in [4.78, 5) is 13.3. The van der Waals surface area contributed by atoms with Crippen molar-refractivity contribution >= 4 is 16.1 Å². The zero-order valence-electron chi connectivity index (χ0n) is 12.5. The second-order valence-electron chi connectivity index (χ2n) is 5.56. The Kier molecular flexibility index (Phi) is 5.55. The van der Waals surface area contributed by atoms with Crippen LogP contribution in [0, 0.1) is 0 Å². The molecular weight excluding hydrogens is 306 g/mol. The van der Waals surface area contributed by atoms with E-state index in [2.05, 4.69) is 0 Å². The summed E-state index contributed by atoms with van der Waals surface area (Å²) in [6, 6.07) is 9.17. The third-order valence-electron chi connectivity index (χ3n) is 3.88. The molecule has 0 radical (unpaired) electrons. The van der Waals surface area contributed by atoms with Gasteiger partial charge in [-0.1, -0.05) is 30.3 Å². The normalized spacial score (nSPS) is 22.8. The van der Waals surface area contributed by atoms with Crippen LogP contribution < -0.4 is 0 Å². The number of carboxylic acids is 1. The van der Waals surface area contributed by atoms with E-state index in [4.69, 9.17) is 4.18 Å². The summed E-state index contributed by atoms with van der Waals surface area (Å²) in [6.07, 6.45) is 2.83. The van der Waals surface area contributed by atoms with Gasteiger partial charge < -0.3 is 5.11 Å². The van der Waals surface area contributed by atoms with Crippen LogP contribution in [0.5, 0.6) is 0 Å². The Morgan fingerprint density at radius 1 is 1.32 bits per heavy atom. The molecule has 1 heterocycles. The van der Waals surface area contributed by atoms with Crippen LogP contribution in [0.25, 0.3) is 0 Å². The highest BCUT2D eigenvalue weighted by molar-refractivity contribution is 7.85. The van der Waals surface area contributed by atoms with Gasteiger partial charge in [-0.25, -0.2) is 0 Å². The summed E-state index contributed by atoms with van der Waals surface area (Å²) in [5, 5.41) is 9.37. The largest absolute Gasteiger partial charge is 0.480 e. The van der Waals surface area contributed by atoms with Gasteiger partial charge in [-0.2, -0.15) is 8.42 Å². The van der Waals surface area contributed by atoms with Gasteiger partial charge in [0.1, 0.15) is 6.04 Å². The number of rotatable bonds is 7. The van der Waals surface area contributed by atoms with Crippen LogP contribution in [-0.2, 0) is 25.6 Å². The molecule has 0 unspecified atom stereocenters. The Balaban J connectivity index is 2.03. The van der Waals surface area contributed by atoms with Crippen molar-refractivity contribution in [1.29, 1.82) is 0 Å². The van der Waals surface area contributed by atoms with E-state index in [-0.39, 0.29) is 12.6 Å². The number of nitrogens with zero attached hydrogens (tertiary/aromatic N) is 1. The van der Waals surface area contributed by atoms with Crippen molar-refractivity contribution in [2.75, 3.05) is 12.9 Å². The monoisotopic (exact) mass is 327 g/mol. The minimum Gasteiger partial charge on any atom is -0.480 e. The fourth-order valence-electron chi connectivity index (χ4n) is 2.88. The number of carboxylic acid groups (broad SMARTS) is 1. The van der Waals surface area contributed by atoms with Gasteiger partial charge >= 0.3 is 5.97 Å². The number of hydrogen-bond donors (Lipinski definition) is 1. The van der Waals surface area contributed by atoms with Crippen LogP contribution in [0.2, 0.25) is 0 Å². The standard InChI is InChI=1S/C15H21NO5S/c1-22(19,20)21-10-9-13-7-8-14(15(17)18)16(13)11-12-5-3-2-4-6-12/h2-6,13-14H,7-11H2,1H3,(H,17,18)/t13-,14+/m1/s1. The lowest BCUT2D eigenvalue weighted by Crippen LogP contribution is -2.40. The van der Waals surface area contributed by atoms with Gasteiger partial charge in [-0.3, -0.25) is 13.9 Å². The molecule has 1 aromatic rings. The van der Waals surface area contributed by atoms with Crippen molar-refractivity contribution in [3.8, 4) is 0 Å². The Bertz CT molecular complexity index is 602. The molecule has 0 bridgehead atoms. The fourth-order valence-corrected chi connectivity index (χ4v) is 3.28. The van der Waals surface area contributed by atoms with E-state index in [1.165, 1.54) is 0 Å². The van der Waals surface area contributed by atoms with E-state index in [0.717, 1.165) is 18.2 Å².